The number of nitrogen functional groups attached to an aromatic ring is 1. The number of aromatic nitrogens is 3. The summed E-state index contributed by atoms with van der Waals surface area (Å²) < 4.78 is 0. The van der Waals surface area contributed by atoms with Gasteiger partial charge in [0, 0.05) is 66.0 Å². The highest BCUT2D eigenvalue weighted by Crippen LogP contribution is 2.32. The summed E-state index contributed by atoms with van der Waals surface area (Å²) in [5.74, 6) is 3.11. The molecule has 3 heterocycles. The summed E-state index contributed by atoms with van der Waals surface area (Å²) in [4.78, 5) is 15.4. The van der Waals surface area contributed by atoms with E-state index in [1.807, 2.05) is 61.5 Å². The molecule has 3 aromatic heterocycles. The Kier molecular flexibility index (Phi) is 4.91. The fourth-order valence-electron chi connectivity index (χ4n) is 3.30. The summed E-state index contributed by atoms with van der Waals surface area (Å²) in [6.07, 6.45) is 10.9. The molecule has 4 rings (SSSR count). The van der Waals surface area contributed by atoms with Crippen LogP contribution in [0.1, 0.15) is 11.1 Å². The quantitative estimate of drug-likeness (QED) is 0.521. The number of benzene rings is 1. The third-order valence-corrected chi connectivity index (χ3v) is 5.05. The SMILES string of the molecule is C#Cc1ccc2nccc(-c3cnc(N)c(-c4ccc(C(=C)N(C)C)cn4)c3)c2c1. The van der Waals surface area contributed by atoms with E-state index in [0.717, 1.165) is 50.1 Å². The van der Waals surface area contributed by atoms with Gasteiger partial charge in [0.2, 0.25) is 0 Å². The van der Waals surface area contributed by atoms with E-state index < -0.39 is 0 Å². The lowest BCUT2D eigenvalue weighted by atomic mass is 9.99. The zero-order valence-electron chi connectivity index (χ0n) is 16.9. The van der Waals surface area contributed by atoms with Crippen molar-refractivity contribution in [3.05, 3.63) is 78.8 Å². The molecule has 0 atom stereocenters. The number of hydrogen-bond acceptors (Lipinski definition) is 5. The van der Waals surface area contributed by atoms with E-state index in [0.29, 0.717) is 5.82 Å². The standard InChI is InChI=1S/C25H21N5/c1-5-17-6-8-23-21(12-17)20(10-11-27-23)19-13-22(25(26)29-15-19)24-9-7-18(14-28-24)16(2)30(3)4/h1,6-15H,2H2,3-4H3,(H2,26,29). The van der Waals surface area contributed by atoms with Crippen LogP contribution in [0.25, 0.3) is 39.0 Å². The molecule has 5 heteroatoms. The molecule has 0 saturated carbocycles. The van der Waals surface area contributed by atoms with E-state index in [-0.39, 0.29) is 0 Å². The molecule has 0 saturated heterocycles. The van der Waals surface area contributed by atoms with Crippen LogP contribution < -0.4 is 5.73 Å². The van der Waals surface area contributed by atoms with Crippen molar-refractivity contribution in [1.82, 2.24) is 19.9 Å². The summed E-state index contributed by atoms with van der Waals surface area (Å²) in [7, 11) is 3.90. The zero-order chi connectivity index (χ0) is 21.3. The van der Waals surface area contributed by atoms with Gasteiger partial charge in [-0.15, -0.1) is 6.42 Å². The first-order chi connectivity index (χ1) is 14.5. The molecule has 0 aliphatic heterocycles. The molecule has 5 nitrogen and oxygen atoms in total. The summed E-state index contributed by atoms with van der Waals surface area (Å²) in [6, 6.07) is 13.7. The molecule has 0 fully saturated rings. The van der Waals surface area contributed by atoms with Crippen LogP contribution in [0.5, 0.6) is 0 Å². The second-order valence-electron chi connectivity index (χ2n) is 7.16. The lowest BCUT2D eigenvalue weighted by Crippen LogP contribution is -2.08. The fraction of sp³-hybridized carbons (Fsp3) is 0.0800. The van der Waals surface area contributed by atoms with Gasteiger partial charge in [-0.25, -0.2) is 4.98 Å². The molecule has 0 spiro atoms. The number of anilines is 1. The lowest BCUT2D eigenvalue weighted by Gasteiger charge is -2.16. The van der Waals surface area contributed by atoms with Crippen molar-refractivity contribution >= 4 is 22.4 Å². The molecular weight excluding hydrogens is 370 g/mol. The van der Waals surface area contributed by atoms with Gasteiger partial charge in [-0.3, -0.25) is 9.97 Å². The van der Waals surface area contributed by atoms with Gasteiger partial charge < -0.3 is 10.6 Å². The maximum absolute atomic E-state index is 6.19. The van der Waals surface area contributed by atoms with Crippen LogP contribution in [0.4, 0.5) is 5.82 Å². The summed E-state index contributed by atoms with van der Waals surface area (Å²) in [6.45, 7) is 4.07. The minimum absolute atomic E-state index is 0.424. The normalized spacial score (nSPS) is 10.6. The molecule has 0 aliphatic rings. The number of rotatable bonds is 4. The van der Waals surface area contributed by atoms with E-state index in [4.69, 9.17) is 12.2 Å². The van der Waals surface area contributed by atoms with Gasteiger partial charge in [0.25, 0.3) is 0 Å². The Labute approximate surface area is 175 Å². The average Bonchev–Trinajstić information content (AvgIpc) is 2.78. The smallest absolute Gasteiger partial charge is 0.132 e. The van der Waals surface area contributed by atoms with Gasteiger partial charge >= 0.3 is 0 Å². The van der Waals surface area contributed by atoms with E-state index in [2.05, 4.69) is 27.5 Å². The van der Waals surface area contributed by atoms with Gasteiger partial charge in [0.15, 0.2) is 0 Å². The van der Waals surface area contributed by atoms with Crippen LogP contribution in [0.15, 0.2) is 67.6 Å². The highest BCUT2D eigenvalue weighted by atomic mass is 15.1. The van der Waals surface area contributed by atoms with E-state index in [1.165, 1.54) is 0 Å². The maximum atomic E-state index is 6.19. The number of hydrogen-bond donors (Lipinski definition) is 1. The Morgan fingerprint density at radius 2 is 1.83 bits per heavy atom. The number of terminal acetylenes is 1. The van der Waals surface area contributed by atoms with Gasteiger partial charge in [-0.1, -0.05) is 12.5 Å². The Bertz CT molecular complexity index is 1300. The molecular formula is C25H21N5. The molecule has 0 unspecified atom stereocenters. The predicted molar refractivity (Wildman–Crippen MR) is 123 cm³/mol. The van der Waals surface area contributed by atoms with Crippen LogP contribution in [0, 0.1) is 12.3 Å². The van der Waals surface area contributed by atoms with Crippen molar-refractivity contribution in [1.29, 1.82) is 0 Å². The predicted octanol–water partition coefficient (Wildman–Crippen LogP) is 4.45. The monoisotopic (exact) mass is 391 g/mol. The molecule has 0 bridgehead atoms. The van der Waals surface area contributed by atoms with E-state index in [9.17, 15) is 0 Å². The molecule has 30 heavy (non-hydrogen) atoms. The van der Waals surface area contributed by atoms with Crippen molar-refractivity contribution in [3.63, 3.8) is 0 Å². The third-order valence-electron chi connectivity index (χ3n) is 5.05. The average molecular weight is 391 g/mol. The first-order valence-electron chi connectivity index (χ1n) is 9.42. The second-order valence-corrected chi connectivity index (χ2v) is 7.16. The molecule has 0 radical (unpaired) electrons. The molecule has 2 N–H and O–H groups in total. The van der Waals surface area contributed by atoms with Gasteiger partial charge in [-0.05, 0) is 48.0 Å². The van der Waals surface area contributed by atoms with E-state index in [1.54, 1.807) is 18.6 Å². The van der Waals surface area contributed by atoms with Crippen LogP contribution in [0.3, 0.4) is 0 Å². The van der Waals surface area contributed by atoms with Crippen LogP contribution in [0.2, 0.25) is 0 Å². The Balaban J connectivity index is 1.81. The molecule has 0 amide bonds. The molecule has 4 aromatic rings. The number of nitrogens with two attached hydrogens (primary N) is 1. The van der Waals surface area contributed by atoms with Gasteiger partial charge in [-0.2, -0.15) is 0 Å². The van der Waals surface area contributed by atoms with Crippen LogP contribution in [-0.4, -0.2) is 33.9 Å². The Hall–Kier alpha value is -4.17. The number of nitrogens with zero attached hydrogens (tertiary/aromatic N) is 4. The summed E-state index contributed by atoms with van der Waals surface area (Å²) in [5.41, 5.74) is 13.1. The van der Waals surface area contributed by atoms with Gasteiger partial charge in [0.1, 0.15) is 5.82 Å². The highest BCUT2D eigenvalue weighted by Gasteiger charge is 2.12. The fourth-order valence-corrected chi connectivity index (χ4v) is 3.30. The topological polar surface area (TPSA) is 67.9 Å². The van der Waals surface area contributed by atoms with Crippen LogP contribution >= 0.6 is 0 Å². The molecule has 0 aliphatic carbocycles. The first kappa shape index (κ1) is 19.2. The second kappa shape index (κ2) is 7.69. The van der Waals surface area contributed by atoms with Crippen molar-refractivity contribution in [2.24, 2.45) is 0 Å². The first-order valence-corrected chi connectivity index (χ1v) is 9.42. The largest absolute Gasteiger partial charge is 0.383 e. The number of fused-ring (bicyclic) bond motifs is 1. The summed E-state index contributed by atoms with van der Waals surface area (Å²) >= 11 is 0. The van der Waals surface area contributed by atoms with Crippen molar-refractivity contribution in [3.8, 4) is 34.7 Å². The molecule has 146 valence electrons. The maximum Gasteiger partial charge on any atom is 0.132 e. The van der Waals surface area contributed by atoms with Crippen molar-refractivity contribution in [2.75, 3.05) is 19.8 Å². The Morgan fingerprint density at radius 3 is 2.53 bits per heavy atom. The minimum atomic E-state index is 0.424. The van der Waals surface area contributed by atoms with Gasteiger partial charge in [0.05, 0.1) is 11.2 Å². The van der Waals surface area contributed by atoms with Crippen molar-refractivity contribution < 1.29 is 0 Å². The van der Waals surface area contributed by atoms with Crippen LogP contribution in [-0.2, 0) is 0 Å². The Morgan fingerprint density at radius 1 is 1.00 bits per heavy atom. The summed E-state index contributed by atoms with van der Waals surface area (Å²) in [5, 5.41) is 0.969. The van der Waals surface area contributed by atoms with E-state index >= 15 is 0 Å². The lowest BCUT2D eigenvalue weighted by molar-refractivity contribution is 0.593. The highest BCUT2D eigenvalue weighted by molar-refractivity contribution is 5.96. The third kappa shape index (κ3) is 3.47. The minimum Gasteiger partial charge on any atom is -0.383 e. The number of pyridine rings is 3. The zero-order valence-corrected chi connectivity index (χ0v) is 16.9. The molecule has 1 aromatic carbocycles. The van der Waals surface area contributed by atoms with Crippen molar-refractivity contribution in [2.45, 2.75) is 0 Å².